The minimum atomic E-state index is -4.53. The number of allylic oxidation sites excluding steroid dienone is 2. The van der Waals surface area contributed by atoms with Crippen LogP contribution in [0, 0.1) is 0 Å². The average molecular weight is 300 g/mol. The highest BCUT2D eigenvalue weighted by molar-refractivity contribution is 5.93. The second kappa shape index (κ2) is 6.92. The van der Waals surface area contributed by atoms with Crippen LogP contribution < -0.4 is 5.32 Å². The van der Waals surface area contributed by atoms with E-state index in [1.807, 2.05) is 0 Å². The zero-order chi connectivity index (χ0) is 16.0. The van der Waals surface area contributed by atoms with E-state index in [2.05, 4.69) is 16.9 Å². The molecule has 0 atom stereocenters. The number of halogens is 3. The van der Waals surface area contributed by atoms with Gasteiger partial charge in [0.1, 0.15) is 11.5 Å². The number of nitrogens with zero attached hydrogens (tertiary/aromatic N) is 1. The van der Waals surface area contributed by atoms with E-state index in [1.54, 1.807) is 6.92 Å². The molecule has 7 heteroatoms. The first kappa shape index (κ1) is 16.7. The molecule has 1 aromatic heterocycles. The highest BCUT2D eigenvalue weighted by Gasteiger charge is 2.31. The van der Waals surface area contributed by atoms with E-state index < -0.39 is 17.6 Å². The van der Waals surface area contributed by atoms with Crippen molar-refractivity contribution in [3.05, 3.63) is 53.7 Å². The number of carbonyl (C=O) groups is 1. The SMILES string of the molecule is C=C/C(OC)=C(\CC)NC(=O)c1cc(C(F)(F)F)ccn1. The first-order valence-corrected chi connectivity index (χ1v) is 6.07. The number of carbonyl (C=O) groups excluding carboxylic acids is 1. The number of pyridine rings is 1. The van der Waals surface area contributed by atoms with Gasteiger partial charge in [0.15, 0.2) is 0 Å². The summed E-state index contributed by atoms with van der Waals surface area (Å²) < 4.78 is 42.8. The summed E-state index contributed by atoms with van der Waals surface area (Å²) in [7, 11) is 1.40. The number of hydrogen-bond acceptors (Lipinski definition) is 3. The summed E-state index contributed by atoms with van der Waals surface area (Å²) in [6.45, 7) is 5.29. The van der Waals surface area contributed by atoms with Crippen molar-refractivity contribution >= 4 is 5.91 Å². The van der Waals surface area contributed by atoms with Gasteiger partial charge in [0, 0.05) is 6.20 Å². The fraction of sp³-hybridized carbons (Fsp3) is 0.286. The molecule has 0 spiro atoms. The van der Waals surface area contributed by atoms with Crippen LogP contribution in [0.1, 0.15) is 29.4 Å². The number of aromatic nitrogens is 1. The van der Waals surface area contributed by atoms with Crippen LogP contribution in [0.2, 0.25) is 0 Å². The molecule has 21 heavy (non-hydrogen) atoms. The lowest BCUT2D eigenvalue weighted by Crippen LogP contribution is -2.25. The van der Waals surface area contributed by atoms with Gasteiger partial charge in [-0.1, -0.05) is 13.5 Å². The summed E-state index contributed by atoms with van der Waals surface area (Å²) in [5.74, 6) is -0.396. The lowest BCUT2D eigenvalue weighted by molar-refractivity contribution is -0.137. The van der Waals surface area contributed by atoms with Crippen molar-refractivity contribution in [2.45, 2.75) is 19.5 Å². The Morgan fingerprint density at radius 3 is 2.67 bits per heavy atom. The van der Waals surface area contributed by atoms with Crippen LogP contribution in [0.25, 0.3) is 0 Å². The van der Waals surface area contributed by atoms with Crippen molar-refractivity contribution in [2.24, 2.45) is 0 Å². The molecule has 0 aliphatic carbocycles. The molecule has 4 nitrogen and oxygen atoms in total. The molecule has 0 unspecified atom stereocenters. The highest BCUT2D eigenvalue weighted by atomic mass is 19.4. The van der Waals surface area contributed by atoms with Gasteiger partial charge < -0.3 is 10.1 Å². The quantitative estimate of drug-likeness (QED) is 0.670. The molecular formula is C14H15F3N2O2. The summed E-state index contributed by atoms with van der Waals surface area (Å²) >= 11 is 0. The number of ether oxygens (including phenoxy) is 1. The Morgan fingerprint density at radius 1 is 1.52 bits per heavy atom. The van der Waals surface area contributed by atoms with Gasteiger partial charge in [-0.3, -0.25) is 9.78 Å². The second-order valence-corrected chi connectivity index (χ2v) is 3.99. The van der Waals surface area contributed by atoms with Crippen molar-refractivity contribution in [2.75, 3.05) is 7.11 Å². The average Bonchev–Trinajstić information content (AvgIpc) is 2.46. The van der Waals surface area contributed by atoms with E-state index in [0.717, 1.165) is 12.3 Å². The topological polar surface area (TPSA) is 51.2 Å². The van der Waals surface area contributed by atoms with E-state index in [4.69, 9.17) is 4.74 Å². The normalized spacial score (nSPS) is 12.4. The van der Waals surface area contributed by atoms with Gasteiger partial charge in [-0.25, -0.2) is 0 Å². The molecule has 0 radical (unpaired) electrons. The van der Waals surface area contributed by atoms with Crippen LogP contribution in [-0.2, 0) is 10.9 Å². The van der Waals surface area contributed by atoms with E-state index >= 15 is 0 Å². The molecule has 0 aliphatic heterocycles. The number of rotatable bonds is 5. The largest absolute Gasteiger partial charge is 0.495 e. The van der Waals surface area contributed by atoms with Gasteiger partial charge >= 0.3 is 6.18 Å². The van der Waals surface area contributed by atoms with Gasteiger partial charge in [0.05, 0.1) is 18.4 Å². The molecule has 0 aromatic carbocycles. The number of alkyl halides is 3. The van der Waals surface area contributed by atoms with Gasteiger partial charge in [0.25, 0.3) is 5.91 Å². The first-order chi connectivity index (χ1) is 9.83. The highest BCUT2D eigenvalue weighted by Crippen LogP contribution is 2.29. The van der Waals surface area contributed by atoms with Crippen molar-refractivity contribution in [1.82, 2.24) is 10.3 Å². The van der Waals surface area contributed by atoms with Gasteiger partial charge in [-0.15, -0.1) is 0 Å². The van der Waals surface area contributed by atoms with E-state index in [-0.39, 0.29) is 5.69 Å². The molecule has 1 heterocycles. The number of amides is 1. The molecular weight excluding hydrogens is 285 g/mol. The third-order valence-electron chi connectivity index (χ3n) is 2.64. The predicted octanol–water partition coefficient (Wildman–Crippen LogP) is 3.28. The van der Waals surface area contributed by atoms with Gasteiger partial charge in [-0.05, 0) is 24.6 Å². The Bertz CT molecular complexity index is 566. The number of nitrogens with one attached hydrogen (secondary N) is 1. The van der Waals surface area contributed by atoms with Crippen LogP contribution >= 0.6 is 0 Å². The molecule has 0 saturated heterocycles. The van der Waals surface area contributed by atoms with Crippen LogP contribution in [0.3, 0.4) is 0 Å². The molecule has 0 aliphatic rings. The fourth-order valence-electron chi connectivity index (χ4n) is 1.59. The van der Waals surface area contributed by atoms with Crippen molar-refractivity contribution < 1.29 is 22.7 Å². The smallest absolute Gasteiger partial charge is 0.416 e. The molecule has 0 fully saturated rings. The Labute approximate surface area is 120 Å². The summed E-state index contributed by atoms with van der Waals surface area (Å²) in [4.78, 5) is 15.6. The van der Waals surface area contributed by atoms with Crippen LogP contribution in [0.5, 0.6) is 0 Å². The Morgan fingerprint density at radius 2 is 2.19 bits per heavy atom. The van der Waals surface area contributed by atoms with Crippen LogP contribution in [-0.4, -0.2) is 18.0 Å². The lowest BCUT2D eigenvalue weighted by Gasteiger charge is -2.12. The summed E-state index contributed by atoms with van der Waals surface area (Å²) in [5.41, 5.74) is -0.840. The minimum absolute atomic E-state index is 0.324. The third kappa shape index (κ3) is 4.34. The molecule has 1 amide bonds. The Balaban J connectivity index is 3.05. The molecule has 1 aromatic rings. The zero-order valence-electron chi connectivity index (χ0n) is 11.6. The molecule has 1 N–H and O–H groups in total. The molecule has 114 valence electrons. The van der Waals surface area contributed by atoms with Crippen molar-refractivity contribution in [3.8, 4) is 0 Å². The van der Waals surface area contributed by atoms with Gasteiger partial charge in [0.2, 0.25) is 0 Å². The maximum atomic E-state index is 12.6. The second-order valence-electron chi connectivity index (χ2n) is 3.99. The third-order valence-corrected chi connectivity index (χ3v) is 2.64. The van der Waals surface area contributed by atoms with E-state index in [1.165, 1.54) is 13.2 Å². The molecule has 0 saturated carbocycles. The first-order valence-electron chi connectivity index (χ1n) is 6.07. The van der Waals surface area contributed by atoms with Crippen LogP contribution in [0.15, 0.2) is 42.4 Å². The molecule has 0 bridgehead atoms. The van der Waals surface area contributed by atoms with Crippen LogP contribution in [0.4, 0.5) is 13.2 Å². The number of hydrogen-bond donors (Lipinski definition) is 1. The lowest BCUT2D eigenvalue weighted by atomic mass is 10.2. The Hall–Kier alpha value is -2.31. The fourth-order valence-corrected chi connectivity index (χ4v) is 1.59. The molecule has 1 rings (SSSR count). The maximum absolute atomic E-state index is 12.6. The van der Waals surface area contributed by atoms with E-state index in [0.29, 0.717) is 23.9 Å². The summed E-state index contributed by atoms with van der Waals surface area (Å²) in [6, 6.07) is 1.50. The summed E-state index contributed by atoms with van der Waals surface area (Å²) in [6.07, 6.45) is -1.77. The maximum Gasteiger partial charge on any atom is 0.416 e. The summed E-state index contributed by atoms with van der Waals surface area (Å²) in [5, 5.41) is 2.48. The monoisotopic (exact) mass is 300 g/mol. The number of methoxy groups -OCH3 is 1. The minimum Gasteiger partial charge on any atom is -0.495 e. The predicted molar refractivity (Wildman–Crippen MR) is 71.2 cm³/mol. The standard InChI is InChI=1S/C14H15F3N2O2/c1-4-10(12(5-2)21-3)19-13(20)11-8-9(6-7-18-11)14(15,16)17/h5-8H,2,4H2,1,3H3,(H,19,20)/b12-10-. The zero-order valence-corrected chi connectivity index (χ0v) is 11.6. The van der Waals surface area contributed by atoms with Gasteiger partial charge in [-0.2, -0.15) is 13.2 Å². The van der Waals surface area contributed by atoms with Crippen molar-refractivity contribution in [3.63, 3.8) is 0 Å². The Kier molecular flexibility index (Phi) is 5.52. The van der Waals surface area contributed by atoms with E-state index in [9.17, 15) is 18.0 Å². The van der Waals surface area contributed by atoms with Crippen molar-refractivity contribution in [1.29, 1.82) is 0 Å².